The van der Waals surface area contributed by atoms with E-state index in [1.54, 1.807) is 24.3 Å². The Bertz CT molecular complexity index is 1110. The molecule has 0 spiro atoms. The molecule has 32 heavy (non-hydrogen) atoms. The number of hydrogen-bond donors (Lipinski definition) is 3. The lowest BCUT2D eigenvalue weighted by Crippen LogP contribution is -2.19. The normalized spacial score (nSPS) is 13.8. The van der Waals surface area contributed by atoms with Crippen molar-refractivity contribution in [1.29, 1.82) is 0 Å². The zero-order chi connectivity index (χ0) is 22.5. The summed E-state index contributed by atoms with van der Waals surface area (Å²) in [6.07, 6.45) is 1.91. The second-order valence-corrected chi connectivity index (χ2v) is 8.81. The van der Waals surface area contributed by atoms with E-state index in [1.165, 1.54) is 11.8 Å². The molecule has 0 heterocycles. The van der Waals surface area contributed by atoms with Crippen LogP contribution in [-0.2, 0) is 9.59 Å². The fraction of sp³-hybridized carbons (Fsp3) is 0.160. The molecule has 1 fully saturated rings. The molecule has 162 valence electrons. The van der Waals surface area contributed by atoms with E-state index in [-0.39, 0.29) is 17.7 Å². The number of hydrogen-bond acceptors (Lipinski definition) is 4. The van der Waals surface area contributed by atoms with Crippen molar-refractivity contribution in [3.63, 3.8) is 0 Å². The molecule has 1 atom stereocenters. The van der Waals surface area contributed by atoms with Gasteiger partial charge in [0.15, 0.2) is 0 Å². The third-order valence-electron chi connectivity index (χ3n) is 5.10. The number of thioether (sulfide) groups is 1. The Morgan fingerprint density at radius 3 is 2.00 bits per heavy atom. The third kappa shape index (κ3) is 5.56. The van der Waals surface area contributed by atoms with E-state index in [1.807, 2.05) is 54.6 Å². The van der Waals surface area contributed by atoms with Crippen molar-refractivity contribution in [3.05, 3.63) is 90.0 Å². The van der Waals surface area contributed by atoms with E-state index in [4.69, 9.17) is 5.73 Å². The van der Waals surface area contributed by atoms with E-state index >= 15 is 0 Å². The van der Waals surface area contributed by atoms with Crippen molar-refractivity contribution in [1.82, 2.24) is 0 Å². The molecule has 0 saturated heterocycles. The molecule has 0 aromatic heterocycles. The van der Waals surface area contributed by atoms with Gasteiger partial charge in [0, 0.05) is 27.8 Å². The molecule has 4 N–H and O–H groups in total. The number of amides is 3. The first-order valence-electron chi connectivity index (χ1n) is 10.3. The summed E-state index contributed by atoms with van der Waals surface area (Å²) >= 11 is 1.42. The number of benzene rings is 3. The monoisotopic (exact) mass is 445 g/mol. The standard InChI is InChI=1S/C25H23N3O3S/c26-23(29)17-8-10-19(11-9-17)28-25(31)22(16-4-2-1-3-5-16)32-21-14-12-20(13-15-21)27-24(30)18-6-7-18/h1-5,8-15,18,22H,6-7H2,(H2,26,29)(H,27,30)(H,28,31). The number of nitrogens with two attached hydrogens (primary N) is 1. The molecule has 7 heteroatoms. The lowest BCUT2D eigenvalue weighted by atomic mass is 10.1. The van der Waals surface area contributed by atoms with Gasteiger partial charge < -0.3 is 16.4 Å². The Balaban J connectivity index is 1.48. The van der Waals surface area contributed by atoms with Crippen LogP contribution in [0.4, 0.5) is 11.4 Å². The van der Waals surface area contributed by atoms with E-state index in [0.29, 0.717) is 11.3 Å². The van der Waals surface area contributed by atoms with Gasteiger partial charge in [0.1, 0.15) is 5.25 Å². The van der Waals surface area contributed by atoms with Crippen LogP contribution in [0.2, 0.25) is 0 Å². The Morgan fingerprint density at radius 2 is 1.41 bits per heavy atom. The highest BCUT2D eigenvalue weighted by Gasteiger charge is 2.29. The van der Waals surface area contributed by atoms with E-state index < -0.39 is 11.2 Å². The van der Waals surface area contributed by atoms with Crippen LogP contribution in [0.5, 0.6) is 0 Å². The average Bonchev–Trinajstić information content (AvgIpc) is 3.65. The van der Waals surface area contributed by atoms with Crippen LogP contribution in [-0.4, -0.2) is 17.7 Å². The number of anilines is 2. The van der Waals surface area contributed by atoms with Gasteiger partial charge in [-0.3, -0.25) is 14.4 Å². The van der Waals surface area contributed by atoms with Crippen LogP contribution in [0, 0.1) is 5.92 Å². The molecule has 0 bridgehead atoms. The smallest absolute Gasteiger partial charge is 0.248 e. The van der Waals surface area contributed by atoms with Crippen molar-refractivity contribution in [2.24, 2.45) is 11.7 Å². The van der Waals surface area contributed by atoms with Gasteiger partial charge in [-0.25, -0.2) is 0 Å². The summed E-state index contributed by atoms with van der Waals surface area (Å²) in [4.78, 5) is 37.3. The molecule has 0 radical (unpaired) electrons. The van der Waals surface area contributed by atoms with Gasteiger partial charge in [0.05, 0.1) is 0 Å². The van der Waals surface area contributed by atoms with Crippen molar-refractivity contribution < 1.29 is 14.4 Å². The first-order chi connectivity index (χ1) is 15.5. The van der Waals surface area contributed by atoms with Crippen molar-refractivity contribution in [3.8, 4) is 0 Å². The second-order valence-electron chi connectivity index (χ2n) is 7.63. The molecule has 4 rings (SSSR count). The van der Waals surface area contributed by atoms with E-state index in [0.717, 1.165) is 29.0 Å². The van der Waals surface area contributed by atoms with Gasteiger partial charge in [-0.05, 0) is 66.9 Å². The molecule has 1 aliphatic carbocycles. The number of primary amides is 1. The average molecular weight is 446 g/mol. The number of carbonyl (C=O) groups excluding carboxylic acids is 3. The predicted molar refractivity (Wildman–Crippen MR) is 126 cm³/mol. The molecule has 6 nitrogen and oxygen atoms in total. The Labute approximate surface area is 190 Å². The largest absolute Gasteiger partial charge is 0.366 e. The van der Waals surface area contributed by atoms with Gasteiger partial charge in [-0.15, -0.1) is 11.8 Å². The van der Waals surface area contributed by atoms with Crippen LogP contribution in [0.3, 0.4) is 0 Å². The number of rotatable bonds is 8. The van der Waals surface area contributed by atoms with Crippen LogP contribution in [0.25, 0.3) is 0 Å². The highest BCUT2D eigenvalue weighted by Crippen LogP contribution is 2.37. The van der Waals surface area contributed by atoms with Crippen molar-refractivity contribution in [2.75, 3.05) is 10.6 Å². The Kier molecular flexibility index (Phi) is 6.56. The molecular formula is C25H23N3O3S. The van der Waals surface area contributed by atoms with Crippen LogP contribution >= 0.6 is 11.8 Å². The third-order valence-corrected chi connectivity index (χ3v) is 6.37. The molecular weight excluding hydrogens is 422 g/mol. The molecule has 0 aliphatic heterocycles. The van der Waals surface area contributed by atoms with Crippen LogP contribution in [0.15, 0.2) is 83.8 Å². The van der Waals surface area contributed by atoms with Gasteiger partial charge in [-0.1, -0.05) is 30.3 Å². The minimum atomic E-state index is -0.516. The summed E-state index contributed by atoms with van der Waals surface area (Å²) in [5, 5.41) is 5.35. The minimum Gasteiger partial charge on any atom is -0.366 e. The van der Waals surface area contributed by atoms with Crippen molar-refractivity contribution >= 4 is 40.9 Å². The Hall–Kier alpha value is -3.58. The lowest BCUT2D eigenvalue weighted by molar-refractivity contribution is -0.117. The topological polar surface area (TPSA) is 101 Å². The van der Waals surface area contributed by atoms with E-state index in [2.05, 4.69) is 10.6 Å². The van der Waals surface area contributed by atoms with Crippen LogP contribution < -0.4 is 16.4 Å². The zero-order valence-corrected chi connectivity index (χ0v) is 18.1. The van der Waals surface area contributed by atoms with Gasteiger partial charge in [0.25, 0.3) is 0 Å². The number of nitrogens with one attached hydrogen (secondary N) is 2. The summed E-state index contributed by atoms with van der Waals surface area (Å²) < 4.78 is 0. The summed E-state index contributed by atoms with van der Waals surface area (Å²) in [6, 6.07) is 23.5. The fourth-order valence-corrected chi connectivity index (χ4v) is 4.19. The van der Waals surface area contributed by atoms with Gasteiger partial charge >= 0.3 is 0 Å². The fourth-order valence-electron chi connectivity index (χ4n) is 3.17. The van der Waals surface area contributed by atoms with E-state index in [9.17, 15) is 14.4 Å². The first-order valence-corrected chi connectivity index (χ1v) is 11.2. The quantitative estimate of drug-likeness (QED) is 0.441. The molecule has 1 saturated carbocycles. The first kappa shape index (κ1) is 21.6. The molecule has 3 aromatic rings. The van der Waals surface area contributed by atoms with Crippen molar-refractivity contribution in [2.45, 2.75) is 23.0 Å². The summed E-state index contributed by atoms with van der Waals surface area (Å²) in [6.45, 7) is 0. The number of carbonyl (C=O) groups is 3. The van der Waals surface area contributed by atoms with Crippen LogP contribution in [0.1, 0.15) is 34.0 Å². The second kappa shape index (κ2) is 9.70. The molecule has 1 unspecified atom stereocenters. The molecule has 3 amide bonds. The summed E-state index contributed by atoms with van der Waals surface area (Å²) in [5.74, 6) is -0.488. The SMILES string of the molecule is NC(=O)c1ccc(NC(=O)C(Sc2ccc(NC(=O)C3CC3)cc2)c2ccccc2)cc1. The molecule has 1 aliphatic rings. The van der Waals surface area contributed by atoms with Gasteiger partial charge in [-0.2, -0.15) is 0 Å². The summed E-state index contributed by atoms with van der Waals surface area (Å²) in [5.41, 5.74) is 7.86. The highest BCUT2D eigenvalue weighted by molar-refractivity contribution is 8.00. The predicted octanol–water partition coefficient (Wildman–Crippen LogP) is 4.61. The summed E-state index contributed by atoms with van der Waals surface area (Å²) in [7, 11) is 0. The maximum absolute atomic E-state index is 13.1. The molecule has 3 aromatic carbocycles. The lowest BCUT2D eigenvalue weighted by Gasteiger charge is -2.17. The maximum Gasteiger partial charge on any atom is 0.248 e. The zero-order valence-electron chi connectivity index (χ0n) is 17.3. The minimum absolute atomic E-state index is 0.0642. The highest BCUT2D eigenvalue weighted by atomic mass is 32.2. The maximum atomic E-state index is 13.1. The Morgan fingerprint density at radius 1 is 0.812 bits per heavy atom. The van der Waals surface area contributed by atoms with Gasteiger partial charge in [0.2, 0.25) is 17.7 Å².